The van der Waals surface area contributed by atoms with Crippen molar-refractivity contribution in [1.82, 2.24) is 15.3 Å². The van der Waals surface area contributed by atoms with Crippen molar-refractivity contribution in [3.05, 3.63) is 64.6 Å². The van der Waals surface area contributed by atoms with Gasteiger partial charge in [0.25, 0.3) is 5.91 Å². The number of benzene rings is 1. The SMILES string of the molecule is O=C(N[C@H]1CCc2ncccc2C1)c1cc2cc(Cl)ccc2[nH]1. The normalized spacial score (nSPS) is 17.0. The smallest absolute Gasteiger partial charge is 0.267 e. The van der Waals surface area contributed by atoms with Crippen molar-refractivity contribution in [3.63, 3.8) is 0 Å². The summed E-state index contributed by atoms with van der Waals surface area (Å²) in [5.74, 6) is -0.0744. The summed E-state index contributed by atoms with van der Waals surface area (Å²) in [7, 11) is 0. The number of pyridine rings is 1. The quantitative estimate of drug-likeness (QED) is 0.757. The van der Waals surface area contributed by atoms with E-state index in [4.69, 9.17) is 11.6 Å². The molecule has 116 valence electrons. The van der Waals surface area contributed by atoms with Gasteiger partial charge in [-0.1, -0.05) is 17.7 Å². The topological polar surface area (TPSA) is 57.8 Å². The first-order valence-corrected chi connectivity index (χ1v) is 8.09. The first-order valence-electron chi connectivity index (χ1n) is 7.71. The number of hydrogen-bond donors (Lipinski definition) is 2. The van der Waals surface area contributed by atoms with Gasteiger partial charge in [-0.05, 0) is 55.2 Å². The minimum atomic E-state index is -0.0744. The molecule has 3 aromatic rings. The molecule has 4 nitrogen and oxygen atoms in total. The van der Waals surface area contributed by atoms with Gasteiger partial charge in [0, 0.05) is 33.9 Å². The molecule has 0 unspecified atom stereocenters. The third-order valence-corrected chi connectivity index (χ3v) is 4.58. The summed E-state index contributed by atoms with van der Waals surface area (Å²) < 4.78 is 0. The minimum absolute atomic E-state index is 0.0744. The van der Waals surface area contributed by atoms with Crippen molar-refractivity contribution in [2.75, 3.05) is 0 Å². The molecule has 1 aliphatic rings. The predicted octanol–water partition coefficient (Wildman–Crippen LogP) is 3.50. The number of aromatic amines is 1. The number of carbonyl (C=O) groups excluding carboxylic acids is 1. The second kappa shape index (κ2) is 5.70. The van der Waals surface area contributed by atoms with Gasteiger partial charge in [0.2, 0.25) is 0 Å². The standard InChI is InChI=1S/C18H16ClN3O/c19-13-3-5-16-12(8-13)10-17(22-16)18(23)21-14-4-6-15-11(9-14)2-1-7-20-15/h1-3,5,7-8,10,14,22H,4,6,9H2,(H,21,23)/t14-/m0/s1. The van der Waals surface area contributed by atoms with Crippen molar-refractivity contribution in [3.8, 4) is 0 Å². The number of rotatable bonds is 2. The zero-order valence-corrected chi connectivity index (χ0v) is 13.2. The largest absolute Gasteiger partial charge is 0.351 e. The van der Waals surface area contributed by atoms with Gasteiger partial charge < -0.3 is 10.3 Å². The monoisotopic (exact) mass is 325 g/mol. The number of halogens is 1. The molecule has 0 saturated heterocycles. The molecule has 1 aromatic carbocycles. The Hall–Kier alpha value is -2.33. The van der Waals surface area contributed by atoms with E-state index in [2.05, 4.69) is 21.4 Å². The van der Waals surface area contributed by atoms with Gasteiger partial charge in [0.1, 0.15) is 5.69 Å². The van der Waals surface area contributed by atoms with Crippen LogP contribution in [0.2, 0.25) is 5.02 Å². The van der Waals surface area contributed by atoms with Crippen molar-refractivity contribution < 1.29 is 4.79 Å². The lowest BCUT2D eigenvalue weighted by molar-refractivity contribution is 0.0929. The number of fused-ring (bicyclic) bond motifs is 2. The van der Waals surface area contributed by atoms with Crippen molar-refractivity contribution in [2.45, 2.75) is 25.3 Å². The Balaban J connectivity index is 1.51. The zero-order chi connectivity index (χ0) is 15.8. The number of aryl methyl sites for hydroxylation is 1. The number of H-pyrrole nitrogens is 1. The molecule has 2 N–H and O–H groups in total. The fourth-order valence-electron chi connectivity index (χ4n) is 3.17. The van der Waals surface area contributed by atoms with E-state index in [-0.39, 0.29) is 11.9 Å². The Bertz CT molecular complexity index is 887. The second-order valence-corrected chi connectivity index (χ2v) is 6.37. The van der Waals surface area contributed by atoms with Crippen LogP contribution < -0.4 is 5.32 Å². The molecule has 2 aromatic heterocycles. The predicted molar refractivity (Wildman–Crippen MR) is 90.8 cm³/mol. The van der Waals surface area contributed by atoms with Crippen LogP contribution in [0, 0.1) is 0 Å². The summed E-state index contributed by atoms with van der Waals surface area (Å²) >= 11 is 5.99. The molecule has 0 radical (unpaired) electrons. The molecule has 0 aliphatic heterocycles. The van der Waals surface area contributed by atoms with Crippen LogP contribution in [0.5, 0.6) is 0 Å². The van der Waals surface area contributed by atoms with Crippen LogP contribution in [-0.2, 0) is 12.8 Å². The van der Waals surface area contributed by atoms with E-state index < -0.39 is 0 Å². The van der Waals surface area contributed by atoms with Crippen LogP contribution in [0.4, 0.5) is 0 Å². The zero-order valence-electron chi connectivity index (χ0n) is 12.5. The van der Waals surface area contributed by atoms with Crippen molar-refractivity contribution in [2.24, 2.45) is 0 Å². The van der Waals surface area contributed by atoms with Gasteiger partial charge >= 0.3 is 0 Å². The van der Waals surface area contributed by atoms with Crippen LogP contribution in [-0.4, -0.2) is 21.9 Å². The first kappa shape index (κ1) is 14.3. The number of amides is 1. The molecule has 2 heterocycles. The maximum absolute atomic E-state index is 12.5. The molecule has 0 bridgehead atoms. The molecule has 1 atom stereocenters. The van der Waals surface area contributed by atoms with E-state index in [1.54, 1.807) is 0 Å². The Kier molecular flexibility index (Phi) is 3.54. The van der Waals surface area contributed by atoms with Crippen molar-refractivity contribution in [1.29, 1.82) is 0 Å². The molecule has 0 saturated carbocycles. The number of carbonyl (C=O) groups is 1. The summed E-state index contributed by atoms with van der Waals surface area (Å²) in [5, 5.41) is 4.73. The lowest BCUT2D eigenvalue weighted by Gasteiger charge is -2.24. The average Bonchev–Trinajstić information content (AvgIpc) is 2.98. The summed E-state index contributed by atoms with van der Waals surface area (Å²) in [6.07, 6.45) is 4.49. The van der Waals surface area contributed by atoms with Gasteiger partial charge in [-0.25, -0.2) is 0 Å². The molecular weight excluding hydrogens is 310 g/mol. The van der Waals surface area contributed by atoms with Crippen LogP contribution in [0.1, 0.15) is 28.2 Å². The summed E-state index contributed by atoms with van der Waals surface area (Å²) in [6, 6.07) is 11.6. The summed E-state index contributed by atoms with van der Waals surface area (Å²) in [4.78, 5) is 20.0. The number of nitrogens with one attached hydrogen (secondary N) is 2. The third-order valence-electron chi connectivity index (χ3n) is 4.34. The highest BCUT2D eigenvalue weighted by Gasteiger charge is 2.21. The van der Waals surface area contributed by atoms with Crippen LogP contribution in [0.25, 0.3) is 10.9 Å². The maximum atomic E-state index is 12.5. The van der Waals surface area contributed by atoms with Crippen LogP contribution in [0.3, 0.4) is 0 Å². The highest BCUT2D eigenvalue weighted by atomic mass is 35.5. The molecule has 0 fully saturated rings. The fourth-order valence-corrected chi connectivity index (χ4v) is 3.35. The number of nitrogens with zero attached hydrogens (tertiary/aromatic N) is 1. The average molecular weight is 326 g/mol. The highest BCUT2D eigenvalue weighted by Crippen LogP contribution is 2.22. The van der Waals surface area contributed by atoms with E-state index in [1.807, 2.05) is 36.5 Å². The van der Waals surface area contributed by atoms with E-state index in [1.165, 1.54) is 5.56 Å². The third kappa shape index (κ3) is 2.82. The van der Waals surface area contributed by atoms with E-state index in [0.717, 1.165) is 35.9 Å². The highest BCUT2D eigenvalue weighted by molar-refractivity contribution is 6.31. The molecule has 23 heavy (non-hydrogen) atoms. The van der Waals surface area contributed by atoms with Gasteiger partial charge in [-0.3, -0.25) is 9.78 Å². The Labute approximate surface area is 138 Å². The Morgan fingerprint density at radius 3 is 3.13 bits per heavy atom. The maximum Gasteiger partial charge on any atom is 0.267 e. The first-order chi connectivity index (χ1) is 11.2. The Morgan fingerprint density at radius 1 is 1.30 bits per heavy atom. The fraction of sp³-hybridized carbons (Fsp3) is 0.222. The molecule has 0 spiro atoms. The lowest BCUT2D eigenvalue weighted by Crippen LogP contribution is -2.39. The number of aromatic nitrogens is 2. The van der Waals surface area contributed by atoms with E-state index in [9.17, 15) is 4.79 Å². The van der Waals surface area contributed by atoms with Crippen LogP contribution >= 0.6 is 11.6 Å². The van der Waals surface area contributed by atoms with Crippen LogP contribution in [0.15, 0.2) is 42.6 Å². The molecule has 1 aliphatic carbocycles. The summed E-state index contributed by atoms with van der Waals surface area (Å²) in [6.45, 7) is 0. The molecule has 1 amide bonds. The van der Waals surface area contributed by atoms with Crippen molar-refractivity contribution >= 4 is 28.4 Å². The molecule has 4 rings (SSSR count). The second-order valence-electron chi connectivity index (χ2n) is 5.94. The minimum Gasteiger partial charge on any atom is -0.351 e. The van der Waals surface area contributed by atoms with E-state index >= 15 is 0 Å². The van der Waals surface area contributed by atoms with Gasteiger partial charge in [-0.15, -0.1) is 0 Å². The van der Waals surface area contributed by atoms with Gasteiger partial charge in [0.05, 0.1) is 0 Å². The number of hydrogen-bond acceptors (Lipinski definition) is 2. The molecular formula is C18H16ClN3O. The lowest BCUT2D eigenvalue weighted by atomic mass is 9.92. The van der Waals surface area contributed by atoms with Gasteiger partial charge in [0.15, 0.2) is 0 Å². The van der Waals surface area contributed by atoms with E-state index in [0.29, 0.717) is 10.7 Å². The Morgan fingerprint density at radius 2 is 2.22 bits per heavy atom. The molecule has 5 heteroatoms. The summed E-state index contributed by atoms with van der Waals surface area (Å²) in [5.41, 5.74) is 3.86. The van der Waals surface area contributed by atoms with Gasteiger partial charge in [-0.2, -0.15) is 0 Å².